The number of ether oxygens (including phenoxy) is 1. The fraction of sp³-hybridized carbons (Fsp3) is 0.214. The zero-order chi connectivity index (χ0) is 14.8. The first-order valence-electron chi connectivity index (χ1n) is 5.89. The molecule has 20 heavy (non-hydrogen) atoms. The minimum atomic E-state index is -3.65. The third-order valence-electron chi connectivity index (χ3n) is 2.74. The van der Waals surface area contributed by atoms with Gasteiger partial charge >= 0.3 is 0 Å². The van der Waals surface area contributed by atoms with Crippen LogP contribution in [0.15, 0.2) is 41.3 Å². The van der Waals surface area contributed by atoms with Gasteiger partial charge in [0.2, 0.25) is 0 Å². The van der Waals surface area contributed by atoms with E-state index < -0.39 is 15.6 Å². The van der Waals surface area contributed by atoms with Crippen molar-refractivity contribution in [2.24, 2.45) is 0 Å². The number of carbonyl (C=O) groups is 1. The number of aryl methyl sites for hydroxylation is 1. The first-order valence-corrected chi connectivity index (χ1v) is 8.36. The predicted octanol–water partition coefficient (Wildman–Crippen LogP) is 2.72. The molecule has 0 unspecified atom stereocenters. The van der Waals surface area contributed by atoms with Crippen LogP contribution < -0.4 is 4.74 Å². The molecule has 0 aliphatic rings. The molecule has 0 radical (unpaired) electrons. The fourth-order valence-electron chi connectivity index (χ4n) is 1.71. The number of ketones is 1. The standard InChI is InChI=1S/C14H14O4S2/c1-10-6-7-14(19-10)13(15)9-20(16,17)12-5-3-4-11(8-12)18-2/h3-8H,9H2,1-2H3. The monoisotopic (exact) mass is 310 g/mol. The van der Waals surface area contributed by atoms with Gasteiger partial charge in [0.25, 0.3) is 0 Å². The molecule has 106 valence electrons. The van der Waals surface area contributed by atoms with E-state index in [9.17, 15) is 13.2 Å². The van der Waals surface area contributed by atoms with E-state index in [1.807, 2.05) is 6.92 Å². The molecule has 0 spiro atoms. The van der Waals surface area contributed by atoms with E-state index in [1.165, 1.54) is 30.6 Å². The van der Waals surface area contributed by atoms with Gasteiger partial charge in [-0.05, 0) is 37.3 Å². The van der Waals surface area contributed by atoms with Crippen molar-refractivity contribution in [3.63, 3.8) is 0 Å². The summed E-state index contributed by atoms with van der Waals surface area (Å²) >= 11 is 1.30. The molecule has 6 heteroatoms. The predicted molar refractivity (Wildman–Crippen MR) is 78.4 cm³/mol. The molecule has 2 rings (SSSR count). The van der Waals surface area contributed by atoms with Gasteiger partial charge in [0.1, 0.15) is 11.5 Å². The van der Waals surface area contributed by atoms with Crippen molar-refractivity contribution < 1.29 is 17.9 Å². The summed E-state index contributed by atoms with van der Waals surface area (Å²) in [7, 11) is -2.19. The van der Waals surface area contributed by atoms with Gasteiger partial charge < -0.3 is 4.74 Å². The Morgan fingerprint density at radius 1 is 1.25 bits per heavy atom. The number of hydrogen-bond acceptors (Lipinski definition) is 5. The maximum Gasteiger partial charge on any atom is 0.188 e. The van der Waals surface area contributed by atoms with Crippen LogP contribution in [0, 0.1) is 6.92 Å². The highest BCUT2D eigenvalue weighted by Crippen LogP contribution is 2.21. The van der Waals surface area contributed by atoms with Gasteiger partial charge in [0, 0.05) is 4.88 Å². The van der Waals surface area contributed by atoms with Gasteiger partial charge in [-0.1, -0.05) is 6.07 Å². The normalized spacial score (nSPS) is 11.3. The number of methoxy groups -OCH3 is 1. The van der Waals surface area contributed by atoms with Gasteiger partial charge in [-0.3, -0.25) is 4.79 Å². The number of carbonyl (C=O) groups excluding carboxylic acids is 1. The lowest BCUT2D eigenvalue weighted by molar-refractivity contribution is 0.102. The van der Waals surface area contributed by atoms with Crippen LogP contribution in [-0.4, -0.2) is 27.1 Å². The average Bonchev–Trinajstić information content (AvgIpc) is 2.85. The van der Waals surface area contributed by atoms with E-state index in [2.05, 4.69) is 0 Å². The minimum absolute atomic E-state index is 0.0958. The van der Waals surface area contributed by atoms with E-state index in [0.29, 0.717) is 10.6 Å². The first-order chi connectivity index (χ1) is 9.42. The van der Waals surface area contributed by atoms with E-state index in [0.717, 1.165) is 4.88 Å². The van der Waals surface area contributed by atoms with Gasteiger partial charge in [-0.25, -0.2) is 8.42 Å². The largest absolute Gasteiger partial charge is 0.497 e. The summed E-state index contributed by atoms with van der Waals surface area (Å²) in [4.78, 5) is 13.5. The smallest absolute Gasteiger partial charge is 0.188 e. The molecule has 0 bridgehead atoms. The molecule has 0 aliphatic carbocycles. The third-order valence-corrected chi connectivity index (χ3v) is 5.39. The number of Topliss-reactive ketones (excluding diaryl/α,β-unsaturated/α-hetero) is 1. The molecule has 0 atom stereocenters. The highest BCUT2D eigenvalue weighted by atomic mass is 32.2. The van der Waals surface area contributed by atoms with Crippen molar-refractivity contribution in [2.75, 3.05) is 12.9 Å². The molecule has 2 aromatic rings. The quantitative estimate of drug-likeness (QED) is 0.797. The molecule has 4 nitrogen and oxygen atoms in total. The van der Waals surface area contributed by atoms with Gasteiger partial charge in [0.15, 0.2) is 15.6 Å². The molecule has 0 N–H and O–H groups in total. The Morgan fingerprint density at radius 2 is 2.00 bits per heavy atom. The Balaban J connectivity index is 2.24. The number of sulfone groups is 1. The Labute approximate surface area is 121 Å². The second-order valence-corrected chi connectivity index (χ2v) is 7.55. The van der Waals surface area contributed by atoms with E-state index in [-0.39, 0.29) is 10.7 Å². The lowest BCUT2D eigenvalue weighted by atomic mass is 10.3. The highest BCUT2D eigenvalue weighted by Gasteiger charge is 2.21. The molecular formula is C14H14O4S2. The fourth-order valence-corrected chi connectivity index (χ4v) is 3.85. The van der Waals surface area contributed by atoms with Crippen LogP contribution in [0.2, 0.25) is 0 Å². The Kier molecular flexibility index (Phi) is 4.25. The van der Waals surface area contributed by atoms with Crippen LogP contribution in [-0.2, 0) is 9.84 Å². The summed E-state index contributed by atoms with van der Waals surface area (Å²) in [5.74, 6) is -0.462. The van der Waals surface area contributed by atoms with Crippen molar-refractivity contribution in [3.8, 4) is 5.75 Å². The van der Waals surface area contributed by atoms with Crippen molar-refractivity contribution in [1.82, 2.24) is 0 Å². The Morgan fingerprint density at radius 3 is 2.60 bits per heavy atom. The van der Waals surface area contributed by atoms with Crippen LogP contribution in [0.5, 0.6) is 5.75 Å². The maximum atomic E-state index is 12.2. The van der Waals surface area contributed by atoms with Crippen LogP contribution in [0.25, 0.3) is 0 Å². The average molecular weight is 310 g/mol. The molecule has 1 aromatic heterocycles. The van der Waals surface area contributed by atoms with E-state index in [4.69, 9.17) is 4.74 Å². The van der Waals surface area contributed by atoms with Gasteiger partial charge in [-0.15, -0.1) is 11.3 Å². The van der Waals surface area contributed by atoms with E-state index >= 15 is 0 Å². The highest BCUT2D eigenvalue weighted by molar-refractivity contribution is 7.92. The Hall–Kier alpha value is -1.66. The third kappa shape index (κ3) is 3.26. The lowest BCUT2D eigenvalue weighted by Crippen LogP contribution is -2.15. The van der Waals surface area contributed by atoms with Crippen molar-refractivity contribution in [1.29, 1.82) is 0 Å². The topological polar surface area (TPSA) is 60.4 Å². The van der Waals surface area contributed by atoms with E-state index in [1.54, 1.807) is 24.3 Å². The Bertz CT molecular complexity index is 729. The van der Waals surface area contributed by atoms with Crippen LogP contribution in [0.1, 0.15) is 14.5 Å². The summed E-state index contributed by atoms with van der Waals surface area (Å²) in [5, 5.41) is 0. The van der Waals surface area contributed by atoms with Crippen molar-refractivity contribution in [2.45, 2.75) is 11.8 Å². The maximum absolute atomic E-state index is 12.2. The van der Waals surface area contributed by atoms with Gasteiger partial charge in [0.05, 0.1) is 16.9 Å². The number of rotatable bonds is 5. The van der Waals surface area contributed by atoms with Gasteiger partial charge in [-0.2, -0.15) is 0 Å². The summed E-state index contributed by atoms with van der Waals surface area (Å²) in [6, 6.07) is 9.58. The molecule has 0 saturated heterocycles. The molecule has 0 fully saturated rings. The summed E-state index contributed by atoms with van der Waals surface area (Å²) in [6.45, 7) is 1.87. The molecule has 0 amide bonds. The molecule has 0 aliphatic heterocycles. The summed E-state index contributed by atoms with van der Waals surface area (Å²) in [6.07, 6.45) is 0. The zero-order valence-electron chi connectivity index (χ0n) is 11.1. The molecular weight excluding hydrogens is 296 g/mol. The van der Waals surface area contributed by atoms with Crippen LogP contribution in [0.3, 0.4) is 0 Å². The first kappa shape index (κ1) is 14.7. The minimum Gasteiger partial charge on any atom is -0.497 e. The van der Waals surface area contributed by atoms with Crippen molar-refractivity contribution >= 4 is 27.0 Å². The SMILES string of the molecule is COc1cccc(S(=O)(=O)CC(=O)c2ccc(C)s2)c1. The second kappa shape index (κ2) is 5.76. The molecule has 0 saturated carbocycles. The lowest BCUT2D eigenvalue weighted by Gasteiger charge is -2.05. The molecule has 1 heterocycles. The second-order valence-electron chi connectivity index (χ2n) is 4.27. The number of thiophene rings is 1. The molecule has 1 aromatic carbocycles. The van der Waals surface area contributed by atoms with Crippen LogP contribution in [0.4, 0.5) is 0 Å². The number of benzene rings is 1. The summed E-state index contributed by atoms with van der Waals surface area (Å²) < 4.78 is 29.4. The zero-order valence-corrected chi connectivity index (χ0v) is 12.8. The van der Waals surface area contributed by atoms with Crippen molar-refractivity contribution in [3.05, 3.63) is 46.2 Å². The number of hydrogen-bond donors (Lipinski definition) is 0. The van der Waals surface area contributed by atoms with Crippen LogP contribution >= 0.6 is 11.3 Å². The summed E-state index contributed by atoms with van der Waals surface area (Å²) in [5.41, 5.74) is 0.